The topological polar surface area (TPSA) is 32.3 Å². The molecule has 1 N–H and O–H groups in total. The summed E-state index contributed by atoms with van der Waals surface area (Å²) in [7, 11) is 1.89. The van der Waals surface area contributed by atoms with Crippen LogP contribution in [0.25, 0.3) is 0 Å². The lowest BCUT2D eigenvalue weighted by molar-refractivity contribution is -0.129. The summed E-state index contributed by atoms with van der Waals surface area (Å²) >= 11 is 5.64. The number of carbonyl (C=O) groups is 1. The maximum absolute atomic E-state index is 12.1. The standard InChI is InChI=1S/C13H25ClN2O/c1-13(2,3)12-15-10(11(17)16(12)4)8-6-5-7-9-14/h10,12,15H,5-9H2,1-4H3/t10-,12+/m0/s1. The van der Waals surface area contributed by atoms with Gasteiger partial charge in [-0.1, -0.05) is 33.6 Å². The lowest BCUT2D eigenvalue weighted by Crippen LogP contribution is -2.45. The van der Waals surface area contributed by atoms with Gasteiger partial charge in [0.15, 0.2) is 0 Å². The normalized spacial score (nSPS) is 25.7. The molecule has 0 bridgehead atoms. The lowest BCUT2D eigenvalue weighted by Gasteiger charge is -2.32. The first kappa shape index (κ1) is 14.8. The Morgan fingerprint density at radius 2 is 1.94 bits per heavy atom. The Morgan fingerprint density at radius 3 is 2.41 bits per heavy atom. The number of nitrogens with zero attached hydrogens (tertiary/aromatic N) is 1. The minimum absolute atomic E-state index is 0.000416. The van der Waals surface area contributed by atoms with E-state index in [2.05, 4.69) is 26.1 Å². The van der Waals surface area contributed by atoms with Crippen molar-refractivity contribution in [2.45, 2.75) is 58.7 Å². The van der Waals surface area contributed by atoms with Crippen molar-refractivity contribution >= 4 is 17.5 Å². The molecule has 0 aromatic heterocycles. The highest BCUT2D eigenvalue weighted by molar-refractivity contribution is 6.17. The minimum atomic E-state index is -0.000416. The van der Waals surface area contributed by atoms with Crippen LogP contribution in [0.2, 0.25) is 0 Å². The molecule has 0 aromatic rings. The van der Waals surface area contributed by atoms with Crippen molar-refractivity contribution in [3.63, 3.8) is 0 Å². The Labute approximate surface area is 110 Å². The van der Waals surface area contributed by atoms with Gasteiger partial charge in [0.05, 0.1) is 12.2 Å². The highest BCUT2D eigenvalue weighted by Gasteiger charge is 2.41. The second-order valence-corrected chi connectivity index (χ2v) is 6.35. The average Bonchev–Trinajstić information content (AvgIpc) is 2.51. The molecule has 1 aliphatic heterocycles. The van der Waals surface area contributed by atoms with Gasteiger partial charge in [-0.05, 0) is 18.3 Å². The zero-order valence-corrected chi connectivity index (χ0v) is 12.2. The van der Waals surface area contributed by atoms with Crippen LogP contribution >= 0.6 is 11.6 Å². The molecular weight excluding hydrogens is 236 g/mol. The van der Waals surface area contributed by atoms with Crippen molar-refractivity contribution in [3.05, 3.63) is 0 Å². The van der Waals surface area contributed by atoms with E-state index in [1.54, 1.807) is 0 Å². The first-order valence-electron chi connectivity index (χ1n) is 6.46. The lowest BCUT2D eigenvalue weighted by atomic mass is 9.92. The van der Waals surface area contributed by atoms with E-state index in [0.29, 0.717) is 0 Å². The van der Waals surface area contributed by atoms with Crippen LogP contribution in [0.4, 0.5) is 0 Å². The summed E-state index contributed by atoms with van der Waals surface area (Å²) in [5.41, 5.74) is 0.0787. The quantitative estimate of drug-likeness (QED) is 0.609. The monoisotopic (exact) mass is 260 g/mol. The van der Waals surface area contributed by atoms with E-state index in [1.807, 2.05) is 11.9 Å². The van der Waals surface area contributed by atoms with Crippen molar-refractivity contribution in [1.29, 1.82) is 0 Å². The van der Waals surface area contributed by atoms with Crippen LogP contribution in [-0.2, 0) is 4.79 Å². The Kier molecular flexibility index (Phi) is 5.26. The van der Waals surface area contributed by atoms with E-state index in [1.165, 1.54) is 0 Å². The fraction of sp³-hybridized carbons (Fsp3) is 0.923. The van der Waals surface area contributed by atoms with Crippen molar-refractivity contribution in [3.8, 4) is 0 Å². The molecule has 1 heterocycles. The molecule has 1 rings (SSSR count). The van der Waals surface area contributed by atoms with Gasteiger partial charge in [-0.2, -0.15) is 0 Å². The third-order valence-electron chi connectivity index (χ3n) is 3.34. The van der Waals surface area contributed by atoms with Crippen LogP contribution in [0.5, 0.6) is 0 Å². The number of amides is 1. The van der Waals surface area contributed by atoms with E-state index in [-0.39, 0.29) is 23.5 Å². The van der Waals surface area contributed by atoms with E-state index < -0.39 is 0 Å². The van der Waals surface area contributed by atoms with Gasteiger partial charge >= 0.3 is 0 Å². The summed E-state index contributed by atoms with van der Waals surface area (Å²) in [6, 6.07) is -0.000416. The molecule has 1 saturated heterocycles. The Hall–Kier alpha value is -0.280. The summed E-state index contributed by atoms with van der Waals surface area (Å²) in [4.78, 5) is 13.9. The van der Waals surface area contributed by atoms with Gasteiger partial charge in [0.2, 0.25) is 5.91 Å². The molecule has 17 heavy (non-hydrogen) atoms. The van der Waals surface area contributed by atoms with Gasteiger partial charge in [-0.25, -0.2) is 0 Å². The number of rotatable bonds is 5. The van der Waals surface area contributed by atoms with Crippen molar-refractivity contribution < 1.29 is 4.79 Å². The van der Waals surface area contributed by atoms with Crippen LogP contribution in [-0.4, -0.2) is 35.9 Å². The minimum Gasteiger partial charge on any atom is -0.328 e. The first-order chi connectivity index (χ1) is 7.88. The molecule has 0 radical (unpaired) electrons. The molecule has 1 amide bonds. The molecule has 0 saturated carbocycles. The molecular formula is C13H25ClN2O. The average molecular weight is 261 g/mol. The molecule has 2 atom stereocenters. The molecule has 1 aliphatic rings. The van der Waals surface area contributed by atoms with E-state index in [4.69, 9.17) is 11.6 Å². The predicted octanol–water partition coefficient (Wildman–Crippen LogP) is 2.59. The van der Waals surface area contributed by atoms with E-state index in [0.717, 1.165) is 31.6 Å². The molecule has 0 aromatic carbocycles. The first-order valence-corrected chi connectivity index (χ1v) is 7.00. The number of alkyl halides is 1. The Bertz CT molecular complexity index is 263. The van der Waals surface area contributed by atoms with Crippen molar-refractivity contribution in [2.24, 2.45) is 5.41 Å². The number of unbranched alkanes of at least 4 members (excludes halogenated alkanes) is 2. The Morgan fingerprint density at radius 1 is 1.29 bits per heavy atom. The molecule has 4 heteroatoms. The summed E-state index contributed by atoms with van der Waals surface area (Å²) in [6.45, 7) is 6.47. The van der Waals surface area contributed by atoms with Crippen LogP contribution in [0.3, 0.4) is 0 Å². The molecule has 1 fully saturated rings. The molecule has 0 unspecified atom stereocenters. The molecule has 3 nitrogen and oxygen atoms in total. The Balaban J connectivity index is 2.46. The number of likely N-dealkylation sites (N-methyl/N-ethyl adjacent to an activating group) is 1. The SMILES string of the molecule is CN1C(=O)[C@H](CCCCCCl)N[C@H]1C(C)(C)C. The predicted molar refractivity (Wildman–Crippen MR) is 72.1 cm³/mol. The van der Waals surface area contributed by atoms with Gasteiger partial charge in [0.1, 0.15) is 0 Å². The number of hydrogen-bond donors (Lipinski definition) is 1. The van der Waals surface area contributed by atoms with Crippen molar-refractivity contribution in [2.75, 3.05) is 12.9 Å². The fourth-order valence-electron chi connectivity index (χ4n) is 2.40. The van der Waals surface area contributed by atoms with Gasteiger partial charge in [-0.15, -0.1) is 11.6 Å². The number of hydrogen-bond acceptors (Lipinski definition) is 2. The van der Waals surface area contributed by atoms with Gasteiger partial charge in [0, 0.05) is 12.9 Å². The fourth-order valence-corrected chi connectivity index (χ4v) is 2.59. The highest BCUT2D eigenvalue weighted by atomic mass is 35.5. The summed E-state index contributed by atoms with van der Waals surface area (Å²) in [5.74, 6) is 0.951. The molecule has 100 valence electrons. The van der Waals surface area contributed by atoms with Gasteiger partial charge in [-0.3, -0.25) is 10.1 Å². The van der Waals surface area contributed by atoms with E-state index in [9.17, 15) is 4.79 Å². The van der Waals surface area contributed by atoms with Crippen LogP contribution < -0.4 is 5.32 Å². The maximum atomic E-state index is 12.1. The summed E-state index contributed by atoms with van der Waals surface area (Å²) < 4.78 is 0. The van der Waals surface area contributed by atoms with Crippen LogP contribution in [0, 0.1) is 5.41 Å². The number of nitrogens with one attached hydrogen (secondary N) is 1. The van der Waals surface area contributed by atoms with Gasteiger partial charge < -0.3 is 4.90 Å². The van der Waals surface area contributed by atoms with Gasteiger partial charge in [0.25, 0.3) is 0 Å². The highest BCUT2D eigenvalue weighted by Crippen LogP contribution is 2.27. The number of halogens is 1. The van der Waals surface area contributed by atoms with Crippen LogP contribution in [0.1, 0.15) is 46.5 Å². The zero-order chi connectivity index (χ0) is 13.1. The van der Waals surface area contributed by atoms with Crippen LogP contribution in [0.15, 0.2) is 0 Å². The number of carbonyl (C=O) groups excluding carboxylic acids is 1. The second-order valence-electron chi connectivity index (χ2n) is 5.98. The molecule has 0 spiro atoms. The maximum Gasteiger partial charge on any atom is 0.240 e. The van der Waals surface area contributed by atoms with Crippen molar-refractivity contribution in [1.82, 2.24) is 10.2 Å². The largest absolute Gasteiger partial charge is 0.328 e. The zero-order valence-electron chi connectivity index (χ0n) is 11.4. The third-order valence-corrected chi connectivity index (χ3v) is 3.61. The second kappa shape index (κ2) is 6.05. The summed E-state index contributed by atoms with van der Waals surface area (Å²) in [5, 5.41) is 3.45. The summed E-state index contributed by atoms with van der Waals surface area (Å²) in [6.07, 6.45) is 4.29. The third kappa shape index (κ3) is 3.85. The molecule has 0 aliphatic carbocycles. The smallest absolute Gasteiger partial charge is 0.240 e. The van der Waals surface area contributed by atoms with E-state index >= 15 is 0 Å².